The van der Waals surface area contributed by atoms with Gasteiger partial charge in [-0.2, -0.15) is 0 Å². The number of aliphatic carboxylic acids is 1. The number of carbonyl (C=O) groups is 1. The van der Waals surface area contributed by atoms with Crippen LogP contribution in [0.3, 0.4) is 0 Å². The molecule has 0 aliphatic rings. The van der Waals surface area contributed by atoms with Gasteiger partial charge in [-0.1, -0.05) is 19.8 Å². The Balaban J connectivity index is 4.25. The summed E-state index contributed by atoms with van der Waals surface area (Å²) in [6.45, 7) is 1.85. The molecule has 0 heterocycles. The van der Waals surface area contributed by atoms with Gasteiger partial charge in [-0.25, -0.2) is 8.78 Å². The first-order valence-electron chi connectivity index (χ1n) is 4.23. The minimum Gasteiger partial charge on any atom is -0.480 e. The van der Waals surface area contributed by atoms with Crippen molar-refractivity contribution in [1.29, 1.82) is 0 Å². The molecule has 78 valence electrons. The number of rotatable bonds is 6. The van der Waals surface area contributed by atoms with Crippen LogP contribution in [0.25, 0.3) is 0 Å². The normalized spacial score (nSPS) is 15.8. The summed E-state index contributed by atoms with van der Waals surface area (Å²) in [5.41, 5.74) is 3.59. The van der Waals surface area contributed by atoms with Crippen LogP contribution in [0.5, 0.6) is 0 Å². The number of alkyl halides is 2. The predicted octanol–water partition coefficient (Wildman–Crippen LogP) is 1.61. The second kappa shape index (κ2) is 5.11. The highest BCUT2D eigenvalue weighted by Gasteiger charge is 2.36. The lowest BCUT2D eigenvalue weighted by atomic mass is 9.90. The largest absolute Gasteiger partial charge is 0.480 e. The Morgan fingerprint density at radius 3 is 2.46 bits per heavy atom. The molecule has 1 unspecified atom stereocenters. The molecule has 0 spiro atoms. The first-order valence-corrected chi connectivity index (χ1v) is 4.23. The molecule has 13 heavy (non-hydrogen) atoms. The summed E-state index contributed by atoms with van der Waals surface area (Å²) in [6.07, 6.45) is -2.05. The zero-order chi connectivity index (χ0) is 10.5. The highest BCUT2D eigenvalue weighted by molar-refractivity contribution is 5.78. The molecule has 0 saturated carbocycles. The molecular formula is C8H15F2NO2. The minimum absolute atomic E-state index is 0.100. The second-order valence-electron chi connectivity index (χ2n) is 3.16. The molecular weight excluding hydrogens is 180 g/mol. The van der Waals surface area contributed by atoms with Gasteiger partial charge in [0.05, 0.1) is 0 Å². The molecule has 0 bridgehead atoms. The average molecular weight is 195 g/mol. The van der Waals surface area contributed by atoms with Gasteiger partial charge in [0.2, 0.25) is 6.43 Å². The Morgan fingerprint density at radius 1 is 1.62 bits per heavy atom. The van der Waals surface area contributed by atoms with Crippen molar-refractivity contribution in [1.82, 2.24) is 0 Å². The first kappa shape index (κ1) is 12.3. The van der Waals surface area contributed by atoms with E-state index < -0.39 is 24.4 Å². The molecule has 0 aromatic rings. The topological polar surface area (TPSA) is 63.3 Å². The predicted molar refractivity (Wildman–Crippen MR) is 44.7 cm³/mol. The summed E-state index contributed by atoms with van der Waals surface area (Å²) in [4.78, 5) is 10.6. The Bertz CT molecular complexity index is 176. The zero-order valence-electron chi connectivity index (χ0n) is 7.59. The van der Waals surface area contributed by atoms with E-state index in [4.69, 9.17) is 10.8 Å². The van der Waals surface area contributed by atoms with Gasteiger partial charge in [0, 0.05) is 6.42 Å². The molecule has 0 aliphatic heterocycles. The summed E-state index contributed by atoms with van der Waals surface area (Å²) < 4.78 is 23.9. The van der Waals surface area contributed by atoms with Gasteiger partial charge in [0.25, 0.3) is 0 Å². The molecule has 1 atom stereocenters. The monoisotopic (exact) mass is 195 g/mol. The number of hydrogen-bond acceptors (Lipinski definition) is 2. The van der Waals surface area contributed by atoms with Gasteiger partial charge in [-0.15, -0.1) is 0 Å². The van der Waals surface area contributed by atoms with Crippen LogP contribution >= 0.6 is 0 Å². The fourth-order valence-electron chi connectivity index (χ4n) is 1.06. The fraction of sp³-hybridized carbons (Fsp3) is 0.875. The minimum atomic E-state index is -2.67. The van der Waals surface area contributed by atoms with Crippen molar-refractivity contribution in [2.24, 2.45) is 5.73 Å². The first-order chi connectivity index (χ1) is 5.92. The van der Waals surface area contributed by atoms with Gasteiger partial charge in [-0.05, 0) is 6.42 Å². The van der Waals surface area contributed by atoms with Crippen molar-refractivity contribution in [3.05, 3.63) is 0 Å². The van der Waals surface area contributed by atoms with Crippen LogP contribution in [0, 0.1) is 0 Å². The average Bonchev–Trinajstić information content (AvgIpc) is 1.99. The number of hydrogen-bond donors (Lipinski definition) is 2. The maximum Gasteiger partial charge on any atom is 0.323 e. The lowest BCUT2D eigenvalue weighted by Crippen LogP contribution is -2.49. The van der Waals surface area contributed by atoms with Crippen molar-refractivity contribution in [3.8, 4) is 0 Å². The van der Waals surface area contributed by atoms with E-state index in [1.165, 1.54) is 0 Å². The highest BCUT2D eigenvalue weighted by atomic mass is 19.3. The van der Waals surface area contributed by atoms with Crippen molar-refractivity contribution >= 4 is 5.97 Å². The number of carboxylic acids is 1. The smallest absolute Gasteiger partial charge is 0.323 e. The molecule has 0 fully saturated rings. The lowest BCUT2D eigenvalue weighted by molar-refractivity contribution is -0.145. The van der Waals surface area contributed by atoms with Gasteiger partial charge in [0.15, 0.2) is 0 Å². The van der Waals surface area contributed by atoms with E-state index >= 15 is 0 Å². The van der Waals surface area contributed by atoms with E-state index in [9.17, 15) is 13.6 Å². The standard InChI is InChI=1S/C8H15F2NO2/c1-2-3-4-8(11,7(12)13)5-6(9)10/h6H,2-5,11H2,1H3,(H,12,13). The number of carboxylic acid groups (broad SMARTS) is 1. The van der Waals surface area contributed by atoms with Gasteiger partial charge in [-0.3, -0.25) is 4.79 Å². The van der Waals surface area contributed by atoms with E-state index in [0.29, 0.717) is 6.42 Å². The lowest BCUT2D eigenvalue weighted by Gasteiger charge is -2.23. The molecule has 3 nitrogen and oxygen atoms in total. The molecule has 0 aromatic carbocycles. The maximum absolute atomic E-state index is 12.0. The Kier molecular flexibility index (Phi) is 4.83. The Hall–Kier alpha value is -0.710. The summed E-state index contributed by atoms with van der Waals surface area (Å²) in [6, 6.07) is 0. The van der Waals surface area contributed by atoms with Crippen LogP contribution in [0.2, 0.25) is 0 Å². The Labute approximate surface area is 75.9 Å². The maximum atomic E-state index is 12.0. The van der Waals surface area contributed by atoms with E-state index in [1.54, 1.807) is 0 Å². The molecule has 0 aliphatic carbocycles. The van der Waals surface area contributed by atoms with E-state index in [-0.39, 0.29) is 6.42 Å². The molecule has 0 radical (unpaired) electrons. The molecule has 3 N–H and O–H groups in total. The Morgan fingerprint density at radius 2 is 2.15 bits per heavy atom. The van der Waals surface area contributed by atoms with E-state index in [0.717, 1.165) is 6.42 Å². The molecule has 0 aromatic heterocycles. The summed E-state index contributed by atoms with van der Waals surface area (Å²) in [5, 5.41) is 8.65. The van der Waals surface area contributed by atoms with Gasteiger partial charge >= 0.3 is 5.97 Å². The summed E-state index contributed by atoms with van der Waals surface area (Å²) in [7, 11) is 0. The van der Waals surface area contributed by atoms with Gasteiger partial charge < -0.3 is 10.8 Å². The van der Waals surface area contributed by atoms with Crippen LogP contribution in [0.4, 0.5) is 8.78 Å². The third-order valence-electron chi connectivity index (χ3n) is 1.92. The van der Waals surface area contributed by atoms with Crippen LogP contribution < -0.4 is 5.73 Å². The van der Waals surface area contributed by atoms with Crippen LogP contribution in [-0.2, 0) is 4.79 Å². The fourth-order valence-corrected chi connectivity index (χ4v) is 1.06. The number of unbranched alkanes of at least 4 members (excludes halogenated alkanes) is 1. The summed E-state index contributed by atoms with van der Waals surface area (Å²) in [5.74, 6) is -1.35. The van der Waals surface area contributed by atoms with E-state index in [1.807, 2.05) is 6.92 Å². The van der Waals surface area contributed by atoms with Crippen LogP contribution in [0.1, 0.15) is 32.6 Å². The highest BCUT2D eigenvalue weighted by Crippen LogP contribution is 2.20. The molecule has 0 saturated heterocycles. The molecule has 0 rings (SSSR count). The quantitative estimate of drug-likeness (QED) is 0.676. The van der Waals surface area contributed by atoms with E-state index in [2.05, 4.69) is 0 Å². The SMILES string of the molecule is CCCCC(N)(CC(F)F)C(=O)O. The van der Waals surface area contributed by atoms with Crippen molar-refractivity contribution < 1.29 is 18.7 Å². The van der Waals surface area contributed by atoms with Crippen molar-refractivity contribution in [3.63, 3.8) is 0 Å². The second-order valence-corrected chi connectivity index (χ2v) is 3.16. The van der Waals surface area contributed by atoms with Crippen molar-refractivity contribution in [2.45, 2.75) is 44.6 Å². The third-order valence-corrected chi connectivity index (χ3v) is 1.92. The van der Waals surface area contributed by atoms with Crippen LogP contribution in [-0.4, -0.2) is 23.0 Å². The molecule has 0 amide bonds. The number of halogens is 2. The summed E-state index contributed by atoms with van der Waals surface area (Å²) >= 11 is 0. The zero-order valence-corrected chi connectivity index (χ0v) is 7.59. The number of nitrogens with two attached hydrogens (primary N) is 1. The van der Waals surface area contributed by atoms with Gasteiger partial charge in [0.1, 0.15) is 5.54 Å². The van der Waals surface area contributed by atoms with Crippen LogP contribution in [0.15, 0.2) is 0 Å². The molecule has 5 heteroatoms. The third kappa shape index (κ3) is 4.17. The van der Waals surface area contributed by atoms with Crippen molar-refractivity contribution in [2.75, 3.05) is 0 Å².